The summed E-state index contributed by atoms with van der Waals surface area (Å²) in [5.74, 6) is 1.53. The average Bonchev–Trinajstić information content (AvgIpc) is 2.87. The van der Waals surface area contributed by atoms with E-state index in [0.717, 1.165) is 60.6 Å². The van der Waals surface area contributed by atoms with Gasteiger partial charge in [0.25, 0.3) is 0 Å². The molecule has 33 heavy (non-hydrogen) atoms. The number of thioether (sulfide) groups is 1. The van der Waals surface area contributed by atoms with Gasteiger partial charge in [0.05, 0.1) is 12.7 Å². The lowest BCUT2D eigenvalue weighted by Crippen LogP contribution is -2.46. The van der Waals surface area contributed by atoms with E-state index >= 15 is 0 Å². The predicted molar refractivity (Wildman–Crippen MR) is 132 cm³/mol. The number of methoxy groups -OCH3 is 1. The second-order valence-corrected chi connectivity index (χ2v) is 8.76. The van der Waals surface area contributed by atoms with E-state index in [9.17, 15) is 9.90 Å². The number of aryl methyl sites for hydroxylation is 1. The summed E-state index contributed by atoms with van der Waals surface area (Å²) >= 11 is 1.54. The first-order valence-electron chi connectivity index (χ1n) is 11.0. The van der Waals surface area contributed by atoms with E-state index in [1.54, 1.807) is 25.3 Å². The molecule has 0 saturated carbocycles. The maximum atomic E-state index is 11.2. The lowest BCUT2D eigenvalue weighted by atomic mass is 10.1. The average molecular weight is 465 g/mol. The molecular formula is C25H28N4O3S. The van der Waals surface area contributed by atoms with Crippen molar-refractivity contribution in [2.24, 2.45) is 0 Å². The molecule has 1 fully saturated rings. The zero-order chi connectivity index (χ0) is 23.2. The lowest BCUT2D eigenvalue weighted by molar-refractivity contribution is 0.0696. The number of ether oxygens (including phenoxy) is 1. The van der Waals surface area contributed by atoms with Crippen molar-refractivity contribution in [3.8, 4) is 5.75 Å². The summed E-state index contributed by atoms with van der Waals surface area (Å²) in [5, 5.41) is 9.94. The summed E-state index contributed by atoms with van der Waals surface area (Å²) in [6, 6.07) is 17.3. The van der Waals surface area contributed by atoms with E-state index < -0.39 is 5.97 Å². The lowest BCUT2D eigenvalue weighted by Gasteiger charge is -2.37. The molecular weight excluding hydrogens is 436 g/mol. The van der Waals surface area contributed by atoms with Crippen molar-refractivity contribution in [3.05, 3.63) is 71.4 Å². The van der Waals surface area contributed by atoms with Crippen molar-refractivity contribution in [1.29, 1.82) is 0 Å². The minimum atomic E-state index is -0.915. The van der Waals surface area contributed by atoms with Gasteiger partial charge in [-0.1, -0.05) is 30.8 Å². The van der Waals surface area contributed by atoms with Gasteiger partial charge in [0.1, 0.15) is 11.6 Å². The topological polar surface area (TPSA) is 78.8 Å². The molecule has 1 N–H and O–H groups in total. The first-order chi connectivity index (χ1) is 16.1. The Balaban J connectivity index is 1.42. The number of hydrogen-bond donors (Lipinski definition) is 1. The number of hydrogen-bond acceptors (Lipinski definition) is 7. The Hall–Kier alpha value is -3.26. The molecule has 3 aromatic rings. The summed E-state index contributed by atoms with van der Waals surface area (Å²) in [6.07, 6.45) is 0.837. The number of carboxylic acids is 1. The Morgan fingerprint density at radius 1 is 1.03 bits per heavy atom. The fraction of sp³-hybridized carbons (Fsp3) is 0.320. The summed E-state index contributed by atoms with van der Waals surface area (Å²) in [4.78, 5) is 25.4. The largest absolute Gasteiger partial charge is 0.497 e. The maximum absolute atomic E-state index is 11.2. The van der Waals surface area contributed by atoms with Crippen LogP contribution in [0, 0.1) is 0 Å². The Labute approximate surface area is 198 Å². The van der Waals surface area contributed by atoms with E-state index in [1.807, 2.05) is 18.2 Å². The number of rotatable bonds is 8. The van der Waals surface area contributed by atoms with E-state index in [4.69, 9.17) is 9.72 Å². The Morgan fingerprint density at radius 2 is 1.76 bits per heavy atom. The van der Waals surface area contributed by atoms with Gasteiger partial charge < -0.3 is 19.6 Å². The van der Waals surface area contributed by atoms with Crippen LogP contribution >= 0.6 is 11.8 Å². The van der Waals surface area contributed by atoms with Crippen LogP contribution in [0.15, 0.2) is 59.8 Å². The van der Waals surface area contributed by atoms with Crippen LogP contribution in [-0.2, 0) is 12.2 Å². The molecule has 0 bridgehead atoms. The number of carboxylic acid groups (broad SMARTS) is 1. The summed E-state index contributed by atoms with van der Waals surface area (Å²) < 4.78 is 5.26. The second-order valence-electron chi connectivity index (χ2n) is 7.82. The Kier molecular flexibility index (Phi) is 7.34. The molecule has 0 aliphatic carbocycles. The fourth-order valence-corrected chi connectivity index (χ4v) is 4.61. The highest BCUT2D eigenvalue weighted by atomic mass is 32.2. The van der Waals surface area contributed by atoms with Crippen LogP contribution < -0.4 is 14.5 Å². The Morgan fingerprint density at radius 3 is 2.42 bits per heavy atom. The van der Waals surface area contributed by atoms with Crippen molar-refractivity contribution in [2.75, 3.05) is 43.1 Å². The molecule has 8 heteroatoms. The third-order valence-electron chi connectivity index (χ3n) is 5.69. The number of nitrogens with zero attached hydrogens (tertiary/aromatic N) is 4. The minimum absolute atomic E-state index is 0.298. The summed E-state index contributed by atoms with van der Waals surface area (Å²) in [7, 11) is 1.68. The van der Waals surface area contributed by atoms with Crippen molar-refractivity contribution < 1.29 is 14.6 Å². The van der Waals surface area contributed by atoms with Crippen LogP contribution in [-0.4, -0.2) is 54.3 Å². The van der Waals surface area contributed by atoms with Gasteiger partial charge >= 0.3 is 5.97 Å². The molecule has 0 amide bonds. The van der Waals surface area contributed by atoms with Crippen LogP contribution in [0.25, 0.3) is 0 Å². The van der Waals surface area contributed by atoms with Crippen LogP contribution in [0.5, 0.6) is 5.75 Å². The predicted octanol–water partition coefficient (Wildman–Crippen LogP) is 4.36. The van der Waals surface area contributed by atoms with Crippen LogP contribution in [0.3, 0.4) is 0 Å². The van der Waals surface area contributed by atoms with Gasteiger partial charge in [-0.05, 0) is 48.4 Å². The molecule has 0 unspecified atom stereocenters. The van der Waals surface area contributed by atoms with Crippen molar-refractivity contribution in [3.63, 3.8) is 0 Å². The third-order valence-corrected chi connectivity index (χ3v) is 6.61. The van der Waals surface area contributed by atoms with Gasteiger partial charge in [0, 0.05) is 49.4 Å². The second kappa shape index (κ2) is 10.6. The van der Waals surface area contributed by atoms with E-state index in [1.165, 1.54) is 17.4 Å². The molecule has 0 radical (unpaired) electrons. The van der Waals surface area contributed by atoms with E-state index in [-0.39, 0.29) is 0 Å². The van der Waals surface area contributed by atoms with Gasteiger partial charge in [-0.3, -0.25) is 0 Å². The van der Waals surface area contributed by atoms with Crippen molar-refractivity contribution in [1.82, 2.24) is 9.97 Å². The number of benzene rings is 2. The van der Waals surface area contributed by atoms with E-state index in [0.29, 0.717) is 11.3 Å². The van der Waals surface area contributed by atoms with Crippen LogP contribution in [0.2, 0.25) is 0 Å². The Bertz CT molecular complexity index is 1100. The zero-order valence-electron chi connectivity index (χ0n) is 18.9. The van der Waals surface area contributed by atoms with Gasteiger partial charge in [-0.15, -0.1) is 0 Å². The number of anilines is 2. The first kappa shape index (κ1) is 22.9. The van der Waals surface area contributed by atoms with E-state index in [2.05, 4.69) is 39.9 Å². The first-order valence-corrected chi connectivity index (χ1v) is 12.0. The summed E-state index contributed by atoms with van der Waals surface area (Å²) in [6.45, 7) is 5.71. The molecule has 1 aliphatic rings. The highest BCUT2D eigenvalue weighted by molar-refractivity contribution is 7.98. The molecule has 172 valence electrons. The molecule has 1 aromatic heterocycles. The smallest absolute Gasteiger partial charge is 0.335 e. The third kappa shape index (κ3) is 5.76. The van der Waals surface area contributed by atoms with Gasteiger partial charge in [0.2, 0.25) is 0 Å². The quantitative estimate of drug-likeness (QED) is 0.389. The molecule has 1 aliphatic heterocycles. The van der Waals surface area contributed by atoms with Crippen LogP contribution in [0.4, 0.5) is 11.5 Å². The molecule has 0 atom stereocenters. The zero-order valence-corrected chi connectivity index (χ0v) is 19.7. The SMILES string of the molecule is CCc1cc(N2CCN(c3ccc(OC)cc3)CC2)nc(SCc2cccc(C(=O)O)c2)n1. The molecule has 2 aromatic carbocycles. The standard InChI is InChI=1S/C25H28N4O3S/c1-3-20-16-23(27-25(26-20)33-17-18-5-4-6-19(15-18)24(30)31)29-13-11-28(12-14-29)21-7-9-22(32-2)10-8-21/h4-10,15-16H,3,11-14,17H2,1-2H3,(H,30,31). The molecule has 2 heterocycles. The molecule has 4 rings (SSSR count). The van der Waals surface area contributed by atoms with Gasteiger partial charge in [-0.2, -0.15) is 0 Å². The highest BCUT2D eigenvalue weighted by Crippen LogP contribution is 2.26. The monoisotopic (exact) mass is 464 g/mol. The normalized spacial score (nSPS) is 13.8. The number of carbonyl (C=O) groups is 1. The number of aromatic carboxylic acids is 1. The highest BCUT2D eigenvalue weighted by Gasteiger charge is 2.20. The molecule has 1 saturated heterocycles. The number of piperazine rings is 1. The van der Waals surface area contributed by atoms with Gasteiger partial charge in [-0.25, -0.2) is 14.8 Å². The van der Waals surface area contributed by atoms with Gasteiger partial charge in [0.15, 0.2) is 5.16 Å². The minimum Gasteiger partial charge on any atom is -0.497 e. The molecule has 7 nitrogen and oxygen atoms in total. The van der Waals surface area contributed by atoms with Crippen molar-refractivity contribution in [2.45, 2.75) is 24.3 Å². The van der Waals surface area contributed by atoms with Crippen molar-refractivity contribution >= 4 is 29.2 Å². The maximum Gasteiger partial charge on any atom is 0.335 e. The number of aromatic nitrogens is 2. The van der Waals surface area contributed by atoms with Crippen LogP contribution in [0.1, 0.15) is 28.5 Å². The molecule has 0 spiro atoms. The fourth-order valence-electron chi connectivity index (χ4n) is 3.80. The summed E-state index contributed by atoms with van der Waals surface area (Å²) in [5.41, 5.74) is 3.46.